The maximum absolute atomic E-state index is 13.7. The molecule has 1 atom stereocenters. The highest BCUT2D eigenvalue weighted by molar-refractivity contribution is 6.02. The Labute approximate surface area is 251 Å². The number of amides is 1. The quantitative estimate of drug-likeness (QED) is 0.234. The fraction of sp³-hybridized carbons (Fsp3) is 0.371. The Bertz CT molecular complexity index is 1630. The molecule has 3 aromatic carbocycles. The van der Waals surface area contributed by atoms with Crippen LogP contribution in [0.5, 0.6) is 17.2 Å². The summed E-state index contributed by atoms with van der Waals surface area (Å²) >= 11 is 0. The summed E-state index contributed by atoms with van der Waals surface area (Å²) in [5.74, 6) is 1.29. The van der Waals surface area contributed by atoms with Crippen molar-refractivity contribution in [3.8, 4) is 28.5 Å². The minimum atomic E-state index is -0.870. The zero-order chi connectivity index (χ0) is 29.9. The standard InChI is InChI=1S/C35H38N2O6/c1-3-42-35(40)29(19-22-9-12-25(38)13-10-22)36-34(39)24-11-15-27-30(20-24)37-17-18-43-31-21-26(41-2)14-16-28(31)33(37)32(27)23-7-5-4-6-8-23/h9-16,20-21,23,29,38H,3-8,17-19H2,1-2H3,(H,36,39)/t29-/m0/s1. The third kappa shape index (κ3) is 5.78. The summed E-state index contributed by atoms with van der Waals surface area (Å²) in [5.41, 5.74) is 5.79. The molecule has 43 heavy (non-hydrogen) atoms. The lowest BCUT2D eigenvalue weighted by Gasteiger charge is -2.23. The summed E-state index contributed by atoms with van der Waals surface area (Å²) in [6.07, 6.45) is 6.20. The number of fused-ring (bicyclic) bond motifs is 5. The molecular weight excluding hydrogens is 544 g/mol. The lowest BCUT2D eigenvalue weighted by Crippen LogP contribution is -2.43. The molecule has 1 amide bonds. The molecule has 1 aliphatic carbocycles. The molecule has 1 aromatic heterocycles. The van der Waals surface area contributed by atoms with Crippen molar-refractivity contribution in [2.45, 2.75) is 64.0 Å². The predicted octanol–water partition coefficient (Wildman–Crippen LogP) is 6.37. The monoisotopic (exact) mass is 582 g/mol. The second kappa shape index (κ2) is 12.4. The number of nitrogens with zero attached hydrogens (tertiary/aromatic N) is 1. The number of ether oxygens (including phenoxy) is 3. The van der Waals surface area contributed by atoms with Gasteiger partial charge in [0.25, 0.3) is 5.91 Å². The summed E-state index contributed by atoms with van der Waals surface area (Å²) in [7, 11) is 1.66. The number of phenols is 1. The summed E-state index contributed by atoms with van der Waals surface area (Å²) in [4.78, 5) is 26.5. The van der Waals surface area contributed by atoms with E-state index in [2.05, 4.69) is 22.0 Å². The SMILES string of the molecule is CCOC(=O)[C@H](Cc1ccc(O)cc1)NC(=O)c1ccc2c(C3CCCCC3)c3n(c2c1)CCOc1cc(OC)ccc1-3. The fourth-order valence-corrected chi connectivity index (χ4v) is 6.58. The first kappa shape index (κ1) is 28.6. The van der Waals surface area contributed by atoms with Gasteiger partial charge in [-0.15, -0.1) is 0 Å². The van der Waals surface area contributed by atoms with Gasteiger partial charge in [0.2, 0.25) is 0 Å². The molecule has 2 N–H and O–H groups in total. The van der Waals surface area contributed by atoms with Crippen molar-refractivity contribution in [2.24, 2.45) is 0 Å². The van der Waals surface area contributed by atoms with Crippen molar-refractivity contribution in [1.82, 2.24) is 9.88 Å². The minimum Gasteiger partial charge on any atom is -0.508 e. The number of aromatic nitrogens is 1. The Morgan fingerprint density at radius 2 is 1.84 bits per heavy atom. The highest BCUT2D eigenvalue weighted by Gasteiger charge is 2.30. The van der Waals surface area contributed by atoms with Crippen LogP contribution in [0.3, 0.4) is 0 Å². The first-order chi connectivity index (χ1) is 21.0. The van der Waals surface area contributed by atoms with Crippen LogP contribution >= 0.6 is 0 Å². The van der Waals surface area contributed by atoms with Gasteiger partial charge in [-0.05, 0) is 73.2 Å². The summed E-state index contributed by atoms with van der Waals surface area (Å²) in [5, 5.41) is 13.7. The first-order valence-electron chi connectivity index (χ1n) is 15.2. The van der Waals surface area contributed by atoms with E-state index in [1.54, 1.807) is 38.3 Å². The van der Waals surface area contributed by atoms with E-state index in [0.717, 1.165) is 52.1 Å². The number of hydrogen-bond donors (Lipinski definition) is 2. The second-order valence-electron chi connectivity index (χ2n) is 11.3. The molecule has 0 spiro atoms. The third-order valence-corrected chi connectivity index (χ3v) is 8.65. The van der Waals surface area contributed by atoms with Gasteiger partial charge in [0.05, 0.1) is 26.0 Å². The van der Waals surface area contributed by atoms with E-state index in [1.165, 1.54) is 24.8 Å². The molecule has 2 heterocycles. The van der Waals surface area contributed by atoms with Crippen LogP contribution in [-0.2, 0) is 22.5 Å². The minimum absolute atomic E-state index is 0.139. The topological polar surface area (TPSA) is 99.0 Å². The van der Waals surface area contributed by atoms with Gasteiger partial charge in [0.15, 0.2) is 0 Å². The van der Waals surface area contributed by atoms with Crippen LogP contribution in [-0.4, -0.2) is 47.9 Å². The number of rotatable bonds is 8. The third-order valence-electron chi connectivity index (χ3n) is 8.65. The molecule has 8 nitrogen and oxygen atoms in total. The number of phenolic OH excluding ortho intramolecular Hbond substituents is 1. The Balaban J connectivity index is 1.40. The first-order valence-corrected chi connectivity index (χ1v) is 15.2. The van der Waals surface area contributed by atoms with Crippen LogP contribution in [0.25, 0.3) is 22.2 Å². The smallest absolute Gasteiger partial charge is 0.328 e. The number of aromatic hydroxyl groups is 1. The van der Waals surface area contributed by atoms with Gasteiger partial charge >= 0.3 is 5.97 Å². The van der Waals surface area contributed by atoms with E-state index in [1.807, 2.05) is 24.3 Å². The van der Waals surface area contributed by atoms with E-state index in [9.17, 15) is 14.7 Å². The Hall–Kier alpha value is -4.46. The largest absolute Gasteiger partial charge is 0.508 e. The van der Waals surface area contributed by atoms with Gasteiger partial charge in [-0.1, -0.05) is 37.5 Å². The number of benzene rings is 3. The average molecular weight is 583 g/mol. The van der Waals surface area contributed by atoms with Crippen LogP contribution in [0, 0.1) is 0 Å². The maximum atomic E-state index is 13.7. The molecule has 0 bridgehead atoms. The molecule has 1 fully saturated rings. The number of methoxy groups -OCH3 is 1. The van der Waals surface area contributed by atoms with Crippen LogP contribution in [0.4, 0.5) is 0 Å². The maximum Gasteiger partial charge on any atom is 0.328 e. The molecule has 0 saturated heterocycles. The molecule has 0 unspecified atom stereocenters. The molecular formula is C35H38N2O6. The zero-order valence-corrected chi connectivity index (χ0v) is 24.7. The fourth-order valence-electron chi connectivity index (χ4n) is 6.58. The van der Waals surface area contributed by atoms with E-state index in [0.29, 0.717) is 24.6 Å². The van der Waals surface area contributed by atoms with Gasteiger partial charge in [-0.2, -0.15) is 0 Å². The van der Waals surface area contributed by atoms with Crippen LogP contribution in [0.15, 0.2) is 60.7 Å². The molecule has 1 aliphatic heterocycles. The van der Waals surface area contributed by atoms with Crippen molar-refractivity contribution >= 4 is 22.8 Å². The number of carbonyl (C=O) groups is 2. The lowest BCUT2D eigenvalue weighted by molar-refractivity contribution is -0.145. The Kier molecular flexibility index (Phi) is 8.27. The molecule has 0 radical (unpaired) electrons. The number of carbonyl (C=O) groups excluding carboxylic acids is 2. The molecule has 4 aromatic rings. The van der Waals surface area contributed by atoms with Gasteiger partial charge in [-0.3, -0.25) is 4.79 Å². The number of hydrogen-bond acceptors (Lipinski definition) is 6. The van der Waals surface area contributed by atoms with Crippen molar-refractivity contribution in [3.63, 3.8) is 0 Å². The second-order valence-corrected chi connectivity index (χ2v) is 11.3. The van der Waals surface area contributed by atoms with Crippen LogP contribution in [0.1, 0.15) is 66.4 Å². The van der Waals surface area contributed by atoms with Crippen molar-refractivity contribution in [1.29, 1.82) is 0 Å². The number of nitrogens with one attached hydrogen (secondary N) is 1. The van der Waals surface area contributed by atoms with Gasteiger partial charge in [-0.25, -0.2) is 4.79 Å². The van der Waals surface area contributed by atoms with E-state index >= 15 is 0 Å². The highest BCUT2D eigenvalue weighted by Crippen LogP contribution is 2.47. The van der Waals surface area contributed by atoms with Crippen molar-refractivity contribution in [2.75, 3.05) is 20.3 Å². The molecule has 1 saturated carbocycles. The predicted molar refractivity (Wildman–Crippen MR) is 165 cm³/mol. The number of esters is 1. The molecule has 224 valence electrons. The van der Waals surface area contributed by atoms with Crippen LogP contribution in [0.2, 0.25) is 0 Å². The molecule has 2 aliphatic rings. The molecule has 6 rings (SSSR count). The lowest BCUT2D eigenvalue weighted by atomic mass is 9.81. The van der Waals surface area contributed by atoms with E-state index < -0.39 is 12.0 Å². The summed E-state index contributed by atoms with van der Waals surface area (Å²) in [6, 6.07) is 17.6. The Morgan fingerprint density at radius 3 is 2.58 bits per heavy atom. The van der Waals surface area contributed by atoms with Crippen LogP contribution < -0.4 is 14.8 Å². The normalized spacial score (nSPS) is 15.5. The van der Waals surface area contributed by atoms with Crippen molar-refractivity contribution in [3.05, 3.63) is 77.4 Å². The highest BCUT2D eigenvalue weighted by atomic mass is 16.5. The zero-order valence-electron chi connectivity index (χ0n) is 24.7. The van der Waals surface area contributed by atoms with E-state index in [-0.39, 0.29) is 24.7 Å². The van der Waals surface area contributed by atoms with Gasteiger partial charge in [0.1, 0.15) is 29.9 Å². The summed E-state index contributed by atoms with van der Waals surface area (Å²) in [6.45, 7) is 3.09. The van der Waals surface area contributed by atoms with Crippen molar-refractivity contribution < 1.29 is 28.9 Å². The van der Waals surface area contributed by atoms with E-state index in [4.69, 9.17) is 14.2 Å². The molecule has 8 heteroatoms. The summed E-state index contributed by atoms with van der Waals surface area (Å²) < 4.78 is 19.3. The average Bonchev–Trinajstić information content (AvgIpc) is 3.23. The van der Waals surface area contributed by atoms with Gasteiger partial charge < -0.3 is 29.2 Å². The Morgan fingerprint density at radius 1 is 1.05 bits per heavy atom. The van der Waals surface area contributed by atoms with Gasteiger partial charge in [0, 0.05) is 34.5 Å².